The number of fused-ring (bicyclic) bond motifs is 1. The molecule has 0 spiro atoms. The summed E-state index contributed by atoms with van der Waals surface area (Å²) in [6.45, 7) is 4.24. The van der Waals surface area contributed by atoms with Crippen LogP contribution in [-0.4, -0.2) is 29.3 Å². The fourth-order valence-corrected chi connectivity index (χ4v) is 2.89. The zero-order valence-electron chi connectivity index (χ0n) is 16.1. The first-order chi connectivity index (χ1) is 13.5. The molecule has 0 saturated heterocycles. The zero-order valence-corrected chi connectivity index (χ0v) is 16.1. The minimum absolute atomic E-state index is 0.0408. The third-order valence-corrected chi connectivity index (χ3v) is 4.18. The average molecular weight is 381 g/mol. The number of aromatic nitrogens is 2. The lowest BCUT2D eigenvalue weighted by atomic mass is 10.1. The number of benzene rings is 2. The van der Waals surface area contributed by atoms with E-state index in [9.17, 15) is 9.59 Å². The van der Waals surface area contributed by atoms with Crippen LogP contribution in [0.2, 0.25) is 0 Å². The van der Waals surface area contributed by atoms with Crippen LogP contribution in [0.15, 0.2) is 47.3 Å². The Bertz CT molecular complexity index is 1040. The molecule has 0 aliphatic heterocycles. The van der Waals surface area contributed by atoms with Crippen LogP contribution < -0.4 is 20.3 Å². The normalized spacial score (nSPS) is 10.9. The number of methoxy groups -OCH3 is 1. The molecule has 0 aliphatic rings. The number of aromatic amines is 1. The van der Waals surface area contributed by atoms with Crippen LogP contribution in [0.4, 0.5) is 0 Å². The Morgan fingerprint density at radius 2 is 1.89 bits per heavy atom. The van der Waals surface area contributed by atoms with Crippen molar-refractivity contribution in [2.24, 2.45) is 0 Å². The molecule has 0 radical (unpaired) electrons. The monoisotopic (exact) mass is 381 g/mol. The van der Waals surface area contributed by atoms with Crippen molar-refractivity contribution in [1.82, 2.24) is 15.5 Å². The number of carbonyl (C=O) groups excluding carboxylic acids is 1. The molecule has 28 heavy (non-hydrogen) atoms. The molecule has 7 nitrogen and oxygen atoms in total. The summed E-state index contributed by atoms with van der Waals surface area (Å²) in [5.74, 6) is 1.09. The largest absolute Gasteiger partial charge is 0.493 e. The Morgan fingerprint density at radius 1 is 1.14 bits per heavy atom. The van der Waals surface area contributed by atoms with Gasteiger partial charge in [-0.3, -0.25) is 9.59 Å². The van der Waals surface area contributed by atoms with Crippen molar-refractivity contribution in [3.8, 4) is 11.5 Å². The Morgan fingerprint density at radius 3 is 2.61 bits per heavy atom. The lowest BCUT2D eigenvalue weighted by Gasteiger charge is -2.14. The van der Waals surface area contributed by atoms with Gasteiger partial charge in [-0.1, -0.05) is 24.3 Å². The summed E-state index contributed by atoms with van der Waals surface area (Å²) in [4.78, 5) is 24.2. The topological polar surface area (TPSA) is 93.3 Å². The molecule has 3 aromatic rings. The lowest BCUT2D eigenvalue weighted by Crippen LogP contribution is -2.26. The van der Waals surface area contributed by atoms with Crippen molar-refractivity contribution in [2.45, 2.75) is 32.9 Å². The van der Waals surface area contributed by atoms with Gasteiger partial charge in [0.15, 0.2) is 11.5 Å². The van der Waals surface area contributed by atoms with Crippen molar-refractivity contribution >= 4 is 16.7 Å². The molecule has 7 heteroatoms. The van der Waals surface area contributed by atoms with Crippen LogP contribution in [-0.2, 0) is 17.8 Å². The van der Waals surface area contributed by atoms with Crippen molar-refractivity contribution in [2.75, 3.05) is 7.11 Å². The molecule has 2 N–H and O–H groups in total. The highest BCUT2D eigenvalue weighted by molar-refractivity contribution is 5.88. The van der Waals surface area contributed by atoms with E-state index in [1.165, 1.54) is 0 Å². The first-order valence-electron chi connectivity index (χ1n) is 9.04. The molecule has 0 fully saturated rings. The maximum absolute atomic E-state index is 12.4. The predicted molar refractivity (Wildman–Crippen MR) is 107 cm³/mol. The van der Waals surface area contributed by atoms with Gasteiger partial charge in [-0.05, 0) is 37.6 Å². The number of nitrogens with one attached hydrogen (secondary N) is 2. The standard InChI is InChI=1S/C21H23N3O4/c1-13(2)28-18-9-8-14(10-19(18)27-3)12-22-20(25)11-17-15-6-4-5-7-16(15)21(26)24-23-17/h4-10,13H,11-12H2,1-3H3,(H,22,25)(H,24,26). The van der Waals surface area contributed by atoms with Gasteiger partial charge in [0.2, 0.25) is 5.91 Å². The molecule has 2 aromatic carbocycles. The highest BCUT2D eigenvalue weighted by Gasteiger charge is 2.12. The predicted octanol–water partition coefficient (Wildman–Crippen LogP) is 2.58. The van der Waals surface area contributed by atoms with E-state index in [0.717, 1.165) is 5.56 Å². The van der Waals surface area contributed by atoms with E-state index in [-0.39, 0.29) is 24.0 Å². The summed E-state index contributed by atoms with van der Waals surface area (Å²) in [5.41, 5.74) is 1.15. The van der Waals surface area contributed by atoms with Gasteiger partial charge in [0.05, 0.1) is 30.7 Å². The van der Waals surface area contributed by atoms with E-state index < -0.39 is 0 Å². The number of carbonyl (C=O) groups is 1. The SMILES string of the molecule is COc1cc(CNC(=O)Cc2n[nH]c(=O)c3ccccc23)ccc1OC(C)C. The third-order valence-electron chi connectivity index (χ3n) is 4.18. The van der Waals surface area contributed by atoms with Gasteiger partial charge in [0, 0.05) is 11.9 Å². The average Bonchev–Trinajstić information content (AvgIpc) is 2.69. The molecule has 146 valence electrons. The van der Waals surface area contributed by atoms with Gasteiger partial charge in [-0.25, -0.2) is 5.10 Å². The summed E-state index contributed by atoms with van der Waals surface area (Å²) >= 11 is 0. The molecule has 0 aliphatic carbocycles. The Balaban J connectivity index is 1.68. The lowest BCUT2D eigenvalue weighted by molar-refractivity contribution is -0.120. The second-order valence-electron chi connectivity index (χ2n) is 6.65. The van der Waals surface area contributed by atoms with Gasteiger partial charge >= 0.3 is 0 Å². The Kier molecular flexibility index (Phi) is 5.93. The van der Waals surface area contributed by atoms with Crippen molar-refractivity contribution < 1.29 is 14.3 Å². The minimum atomic E-state index is -0.268. The maximum Gasteiger partial charge on any atom is 0.272 e. The molecule has 0 saturated carbocycles. The van der Waals surface area contributed by atoms with Crippen molar-refractivity contribution in [1.29, 1.82) is 0 Å². The first kappa shape index (κ1) is 19.4. The fourth-order valence-electron chi connectivity index (χ4n) is 2.89. The van der Waals surface area contributed by atoms with E-state index >= 15 is 0 Å². The zero-order chi connectivity index (χ0) is 20.1. The second-order valence-corrected chi connectivity index (χ2v) is 6.65. The summed E-state index contributed by atoms with van der Waals surface area (Å²) in [6, 6.07) is 12.7. The minimum Gasteiger partial charge on any atom is -0.493 e. The number of rotatable bonds is 7. The molecule has 1 aromatic heterocycles. The number of hydrogen-bond donors (Lipinski definition) is 2. The van der Waals surface area contributed by atoms with Gasteiger partial charge in [0.25, 0.3) is 5.56 Å². The van der Waals surface area contributed by atoms with Crippen LogP contribution in [0.5, 0.6) is 11.5 Å². The van der Waals surface area contributed by atoms with Crippen LogP contribution >= 0.6 is 0 Å². The van der Waals surface area contributed by atoms with Gasteiger partial charge in [-0.15, -0.1) is 0 Å². The van der Waals surface area contributed by atoms with E-state index in [2.05, 4.69) is 15.5 Å². The third kappa shape index (κ3) is 4.49. The number of amides is 1. The number of H-pyrrole nitrogens is 1. The molecule has 1 heterocycles. The highest BCUT2D eigenvalue weighted by Crippen LogP contribution is 2.28. The summed E-state index contributed by atoms with van der Waals surface area (Å²) in [6.07, 6.45) is 0.113. The van der Waals surface area contributed by atoms with Crippen LogP contribution in [0, 0.1) is 0 Å². The Hall–Kier alpha value is -3.35. The van der Waals surface area contributed by atoms with Crippen molar-refractivity contribution in [3.63, 3.8) is 0 Å². The van der Waals surface area contributed by atoms with Crippen LogP contribution in [0.1, 0.15) is 25.1 Å². The Labute approximate surface area is 162 Å². The van der Waals surface area contributed by atoms with Gasteiger partial charge in [0.1, 0.15) is 0 Å². The molecular formula is C21H23N3O4. The molecule has 0 bridgehead atoms. The highest BCUT2D eigenvalue weighted by atomic mass is 16.5. The second kappa shape index (κ2) is 8.56. The van der Waals surface area contributed by atoms with Gasteiger partial charge < -0.3 is 14.8 Å². The smallest absolute Gasteiger partial charge is 0.272 e. The molecule has 3 rings (SSSR count). The van der Waals surface area contributed by atoms with Crippen LogP contribution in [0.25, 0.3) is 10.8 Å². The van der Waals surface area contributed by atoms with Crippen molar-refractivity contribution in [3.05, 3.63) is 64.1 Å². The van der Waals surface area contributed by atoms with E-state index in [1.807, 2.05) is 38.1 Å². The fraction of sp³-hybridized carbons (Fsp3) is 0.286. The van der Waals surface area contributed by atoms with E-state index in [4.69, 9.17) is 9.47 Å². The summed E-state index contributed by atoms with van der Waals surface area (Å²) < 4.78 is 11.1. The first-order valence-corrected chi connectivity index (χ1v) is 9.04. The van der Waals surface area contributed by atoms with Crippen LogP contribution in [0.3, 0.4) is 0 Å². The maximum atomic E-state index is 12.4. The number of hydrogen-bond acceptors (Lipinski definition) is 5. The summed E-state index contributed by atoms with van der Waals surface area (Å²) in [5, 5.41) is 10.5. The van der Waals surface area contributed by atoms with E-state index in [1.54, 1.807) is 25.3 Å². The molecule has 0 atom stereocenters. The van der Waals surface area contributed by atoms with Gasteiger partial charge in [-0.2, -0.15) is 5.10 Å². The van der Waals surface area contributed by atoms with E-state index in [0.29, 0.717) is 34.5 Å². The quantitative estimate of drug-likeness (QED) is 0.656. The number of nitrogens with zero attached hydrogens (tertiary/aromatic N) is 1. The molecule has 1 amide bonds. The molecule has 0 unspecified atom stereocenters. The summed E-state index contributed by atoms with van der Waals surface area (Å²) in [7, 11) is 1.58. The number of ether oxygens (including phenoxy) is 2. The molecular weight excluding hydrogens is 358 g/mol.